The molecule has 0 unspecified atom stereocenters. The fourth-order valence-electron chi connectivity index (χ4n) is 2.06. The van der Waals surface area contributed by atoms with E-state index in [2.05, 4.69) is 53.4 Å². The van der Waals surface area contributed by atoms with Crippen LogP contribution in [-0.2, 0) is 6.42 Å². The molecule has 0 spiro atoms. The molecule has 94 valence electrons. The molecule has 0 aliphatic rings. The van der Waals surface area contributed by atoms with Crippen molar-refractivity contribution in [2.75, 3.05) is 12.4 Å². The molecule has 1 heterocycles. The minimum Gasteiger partial charge on any atom is -0.373 e. The second-order valence-corrected chi connectivity index (χ2v) is 4.43. The lowest BCUT2D eigenvalue weighted by Gasteiger charge is -2.11. The molecule has 0 saturated carbocycles. The predicted molar refractivity (Wildman–Crippen MR) is 75.9 cm³/mol. The van der Waals surface area contributed by atoms with E-state index >= 15 is 0 Å². The number of hydrogen-bond donors (Lipinski definition) is 1. The maximum Gasteiger partial charge on any atom is 0.161 e. The first-order valence-electron chi connectivity index (χ1n) is 6.28. The Kier molecular flexibility index (Phi) is 3.60. The largest absolute Gasteiger partial charge is 0.373 e. The minimum absolute atomic E-state index is 0.786. The van der Waals surface area contributed by atoms with Crippen molar-refractivity contribution in [2.45, 2.75) is 27.2 Å². The number of aryl methyl sites for hydroxylation is 2. The van der Waals surface area contributed by atoms with E-state index in [1.807, 2.05) is 14.0 Å². The van der Waals surface area contributed by atoms with E-state index < -0.39 is 0 Å². The van der Waals surface area contributed by atoms with Gasteiger partial charge in [0.25, 0.3) is 0 Å². The van der Waals surface area contributed by atoms with Crippen molar-refractivity contribution in [1.29, 1.82) is 0 Å². The van der Waals surface area contributed by atoms with Crippen LogP contribution in [0, 0.1) is 13.8 Å². The molecule has 0 bridgehead atoms. The van der Waals surface area contributed by atoms with Crippen molar-refractivity contribution in [1.82, 2.24) is 9.97 Å². The Morgan fingerprint density at radius 2 is 1.72 bits per heavy atom. The number of benzene rings is 1. The van der Waals surface area contributed by atoms with E-state index in [4.69, 9.17) is 0 Å². The van der Waals surface area contributed by atoms with E-state index in [9.17, 15) is 0 Å². The summed E-state index contributed by atoms with van der Waals surface area (Å²) in [6.45, 7) is 6.24. The number of nitrogens with one attached hydrogen (secondary N) is 1. The second-order valence-electron chi connectivity index (χ2n) is 4.43. The van der Waals surface area contributed by atoms with Crippen molar-refractivity contribution >= 4 is 5.82 Å². The van der Waals surface area contributed by atoms with Crippen LogP contribution >= 0.6 is 0 Å². The molecule has 1 N–H and O–H groups in total. The monoisotopic (exact) mass is 241 g/mol. The molecule has 3 heteroatoms. The minimum atomic E-state index is 0.786. The van der Waals surface area contributed by atoms with Gasteiger partial charge in [-0.2, -0.15) is 0 Å². The zero-order chi connectivity index (χ0) is 13.1. The van der Waals surface area contributed by atoms with Crippen LogP contribution < -0.4 is 5.32 Å². The van der Waals surface area contributed by atoms with Crippen molar-refractivity contribution in [3.8, 4) is 11.4 Å². The Labute approximate surface area is 108 Å². The maximum atomic E-state index is 4.60. The van der Waals surface area contributed by atoms with Gasteiger partial charge in [0.2, 0.25) is 0 Å². The molecular formula is C15H19N3. The maximum absolute atomic E-state index is 4.60. The van der Waals surface area contributed by atoms with E-state index in [0.717, 1.165) is 29.3 Å². The van der Waals surface area contributed by atoms with Crippen LogP contribution in [0.25, 0.3) is 11.4 Å². The number of anilines is 1. The Bertz CT molecular complexity index is 544. The zero-order valence-electron chi connectivity index (χ0n) is 11.4. The molecule has 0 atom stereocenters. The van der Waals surface area contributed by atoms with E-state index in [0.29, 0.717) is 0 Å². The van der Waals surface area contributed by atoms with Crippen LogP contribution in [0.5, 0.6) is 0 Å². The Morgan fingerprint density at radius 3 is 2.28 bits per heavy atom. The van der Waals surface area contributed by atoms with Crippen LogP contribution in [0.1, 0.15) is 23.7 Å². The van der Waals surface area contributed by atoms with Gasteiger partial charge >= 0.3 is 0 Å². The van der Waals surface area contributed by atoms with Gasteiger partial charge in [0.15, 0.2) is 5.82 Å². The lowest BCUT2D eigenvalue weighted by Crippen LogP contribution is -2.04. The fourth-order valence-corrected chi connectivity index (χ4v) is 2.06. The van der Waals surface area contributed by atoms with Gasteiger partial charge in [-0.3, -0.25) is 0 Å². The van der Waals surface area contributed by atoms with Crippen molar-refractivity contribution in [3.63, 3.8) is 0 Å². The standard InChI is InChI=1S/C15H19N3/c1-5-13-11(3)17-14(18-15(13)16-4)12-8-6-10(2)7-9-12/h6-9H,5H2,1-4H3,(H,16,17,18). The summed E-state index contributed by atoms with van der Waals surface area (Å²) in [4.78, 5) is 9.20. The summed E-state index contributed by atoms with van der Waals surface area (Å²) in [6.07, 6.45) is 0.941. The van der Waals surface area contributed by atoms with E-state index in [1.165, 1.54) is 11.1 Å². The van der Waals surface area contributed by atoms with E-state index in [-0.39, 0.29) is 0 Å². The third kappa shape index (κ3) is 2.35. The lowest BCUT2D eigenvalue weighted by molar-refractivity contribution is 1.00. The summed E-state index contributed by atoms with van der Waals surface area (Å²) in [5, 5.41) is 3.16. The highest BCUT2D eigenvalue weighted by molar-refractivity contribution is 5.60. The molecule has 2 rings (SSSR count). The van der Waals surface area contributed by atoms with Crippen LogP contribution in [0.4, 0.5) is 5.82 Å². The molecule has 0 saturated heterocycles. The smallest absolute Gasteiger partial charge is 0.161 e. The van der Waals surface area contributed by atoms with Crippen LogP contribution in [0.15, 0.2) is 24.3 Å². The van der Waals surface area contributed by atoms with Gasteiger partial charge in [-0.25, -0.2) is 9.97 Å². The molecule has 0 aliphatic carbocycles. The number of nitrogens with zero attached hydrogens (tertiary/aromatic N) is 2. The van der Waals surface area contributed by atoms with Crippen LogP contribution in [0.3, 0.4) is 0 Å². The number of rotatable bonds is 3. The first kappa shape index (κ1) is 12.6. The molecule has 1 aromatic heterocycles. The Balaban J connectivity index is 2.52. The highest BCUT2D eigenvalue weighted by Gasteiger charge is 2.10. The number of hydrogen-bond acceptors (Lipinski definition) is 3. The molecule has 3 nitrogen and oxygen atoms in total. The molecule has 0 amide bonds. The highest BCUT2D eigenvalue weighted by Crippen LogP contribution is 2.22. The highest BCUT2D eigenvalue weighted by atomic mass is 15.0. The molecule has 2 aromatic rings. The number of aromatic nitrogens is 2. The summed E-state index contributed by atoms with van der Waals surface area (Å²) in [5.41, 5.74) is 4.54. The summed E-state index contributed by atoms with van der Waals surface area (Å²) in [7, 11) is 1.90. The topological polar surface area (TPSA) is 37.8 Å². The first-order valence-corrected chi connectivity index (χ1v) is 6.28. The van der Waals surface area contributed by atoms with E-state index in [1.54, 1.807) is 0 Å². The molecule has 0 fully saturated rings. The third-order valence-corrected chi connectivity index (χ3v) is 3.11. The summed E-state index contributed by atoms with van der Waals surface area (Å²) in [5.74, 6) is 1.72. The molecule has 18 heavy (non-hydrogen) atoms. The average molecular weight is 241 g/mol. The van der Waals surface area contributed by atoms with Gasteiger partial charge in [0, 0.05) is 23.9 Å². The SMILES string of the molecule is CCc1c(C)nc(-c2ccc(C)cc2)nc1NC. The van der Waals surface area contributed by atoms with Gasteiger partial charge in [-0.1, -0.05) is 36.8 Å². The van der Waals surface area contributed by atoms with Gasteiger partial charge in [0.05, 0.1) is 0 Å². The normalized spacial score (nSPS) is 10.4. The van der Waals surface area contributed by atoms with Gasteiger partial charge < -0.3 is 5.32 Å². The summed E-state index contributed by atoms with van der Waals surface area (Å²) >= 11 is 0. The van der Waals surface area contributed by atoms with Crippen molar-refractivity contribution in [3.05, 3.63) is 41.1 Å². The summed E-state index contributed by atoms with van der Waals surface area (Å²) < 4.78 is 0. The molecule has 1 aromatic carbocycles. The zero-order valence-corrected chi connectivity index (χ0v) is 11.4. The third-order valence-electron chi connectivity index (χ3n) is 3.11. The van der Waals surface area contributed by atoms with Crippen molar-refractivity contribution in [2.24, 2.45) is 0 Å². The van der Waals surface area contributed by atoms with Gasteiger partial charge in [-0.05, 0) is 20.3 Å². The average Bonchev–Trinajstić information content (AvgIpc) is 2.38. The first-order chi connectivity index (χ1) is 8.65. The van der Waals surface area contributed by atoms with Gasteiger partial charge in [-0.15, -0.1) is 0 Å². The second kappa shape index (κ2) is 5.17. The van der Waals surface area contributed by atoms with Crippen molar-refractivity contribution < 1.29 is 0 Å². The quantitative estimate of drug-likeness (QED) is 0.895. The van der Waals surface area contributed by atoms with Gasteiger partial charge in [0.1, 0.15) is 5.82 Å². The summed E-state index contributed by atoms with van der Waals surface area (Å²) in [6, 6.07) is 8.30. The molecule has 0 aliphatic heterocycles. The molecular weight excluding hydrogens is 222 g/mol. The Hall–Kier alpha value is -1.90. The predicted octanol–water partition coefficient (Wildman–Crippen LogP) is 3.36. The molecule has 0 radical (unpaired) electrons. The lowest BCUT2D eigenvalue weighted by atomic mass is 10.1. The van der Waals surface area contributed by atoms with Crippen LogP contribution in [-0.4, -0.2) is 17.0 Å². The Morgan fingerprint density at radius 1 is 1.06 bits per heavy atom. The fraction of sp³-hybridized carbons (Fsp3) is 0.333. The van der Waals surface area contributed by atoms with Crippen LogP contribution in [0.2, 0.25) is 0 Å².